The van der Waals surface area contributed by atoms with Gasteiger partial charge in [0.15, 0.2) is 0 Å². The lowest BCUT2D eigenvalue weighted by molar-refractivity contribution is 0.0696. The Morgan fingerprint density at radius 2 is 2.20 bits per heavy atom. The number of urea groups is 1. The molecule has 1 aromatic carbocycles. The van der Waals surface area contributed by atoms with E-state index in [1.165, 1.54) is 17.0 Å². The van der Waals surface area contributed by atoms with Gasteiger partial charge in [-0.15, -0.1) is 6.58 Å². The van der Waals surface area contributed by atoms with Crippen molar-refractivity contribution in [3.8, 4) is 0 Å². The second kappa shape index (κ2) is 7.28. The van der Waals surface area contributed by atoms with Crippen LogP contribution >= 0.6 is 0 Å². The summed E-state index contributed by atoms with van der Waals surface area (Å²) < 4.78 is 13.6. The van der Waals surface area contributed by atoms with Gasteiger partial charge >= 0.3 is 12.0 Å². The van der Waals surface area contributed by atoms with Crippen molar-refractivity contribution in [2.75, 3.05) is 18.9 Å². The molecule has 0 heterocycles. The number of hydrogen-bond donors (Lipinski definition) is 2. The number of rotatable bonds is 6. The van der Waals surface area contributed by atoms with E-state index in [9.17, 15) is 14.0 Å². The molecule has 0 aliphatic heterocycles. The Kier molecular flexibility index (Phi) is 5.71. The first kappa shape index (κ1) is 15.7. The number of carbonyl (C=O) groups is 2. The fourth-order valence-electron chi connectivity index (χ4n) is 1.53. The summed E-state index contributed by atoms with van der Waals surface area (Å²) in [7, 11) is 1.60. The largest absolute Gasteiger partial charge is 0.478 e. The molecule has 0 atom stereocenters. The van der Waals surface area contributed by atoms with Gasteiger partial charge in [-0.3, -0.25) is 0 Å². The second-order valence-electron chi connectivity index (χ2n) is 4.28. The molecule has 1 aromatic rings. The molecule has 0 aliphatic carbocycles. The molecule has 6 heteroatoms. The van der Waals surface area contributed by atoms with Gasteiger partial charge in [0.25, 0.3) is 0 Å². The van der Waals surface area contributed by atoms with E-state index in [4.69, 9.17) is 5.11 Å². The van der Waals surface area contributed by atoms with Crippen LogP contribution in [0.3, 0.4) is 0 Å². The van der Waals surface area contributed by atoms with Crippen molar-refractivity contribution >= 4 is 17.7 Å². The van der Waals surface area contributed by atoms with Crippen LogP contribution in [0.25, 0.3) is 0 Å². The van der Waals surface area contributed by atoms with E-state index in [1.807, 2.05) is 0 Å². The minimum Gasteiger partial charge on any atom is -0.478 e. The third-order valence-corrected chi connectivity index (χ3v) is 2.71. The summed E-state index contributed by atoms with van der Waals surface area (Å²) in [6, 6.07) is 2.89. The lowest BCUT2D eigenvalue weighted by atomic mass is 10.2. The predicted molar refractivity (Wildman–Crippen MR) is 74.4 cm³/mol. The molecular weight excluding hydrogens is 263 g/mol. The van der Waals surface area contributed by atoms with E-state index >= 15 is 0 Å². The highest BCUT2D eigenvalue weighted by atomic mass is 19.1. The van der Waals surface area contributed by atoms with Crippen molar-refractivity contribution < 1.29 is 19.1 Å². The van der Waals surface area contributed by atoms with Crippen LogP contribution < -0.4 is 5.32 Å². The Bertz CT molecular complexity index is 517. The first-order valence-corrected chi connectivity index (χ1v) is 6.11. The van der Waals surface area contributed by atoms with Gasteiger partial charge in [-0.25, -0.2) is 14.0 Å². The number of benzene rings is 1. The summed E-state index contributed by atoms with van der Waals surface area (Å²) in [6.07, 6.45) is 3.32. The summed E-state index contributed by atoms with van der Waals surface area (Å²) in [5.74, 6) is -2.00. The lowest BCUT2D eigenvalue weighted by Crippen LogP contribution is -2.32. The number of nitrogens with one attached hydrogen (secondary N) is 1. The summed E-state index contributed by atoms with van der Waals surface area (Å²) in [4.78, 5) is 23.9. The zero-order valence-electron chi connectivity index (χ0n) is 11.2. The van der Waals surface area contributed by atoms with Crippen LogP contribution in [0.15, 0.2) is 30.9 Å². The standard InChI is InChI=1S/C14H17FN2O3/c1-3-4-5-8-17(2)14(20)16-12-7-6-10(13(18)19)9-11(12)15/h3,6-7,9H,1,4-5,8H2,2H3,(H,16,20)(H,18,19). The first-order chi connectivity index (χ1) is 9.45. The molecule has 1 rings (SSSR count). The smallest absolute Gasteiger partial charge is 0.335 e. The van der Waals surface area contributed by atoms with E-state index < -0.39 is 17.8 Å². The van der Waals surface area contributed by atoms with Gasteiger partial charge in [-0.05, 0) is 31.0 Å². The zero-order valence-corrected chi connectivity index (χ0v) is 11.2. The van der Waals surface area contributed by atoms with E-state index in [1.54, 1.807) is 13.1 Å². The quantitative estimate of drug-likeness (QED) is 0.621. The third kappa shape index (κ3) is 4.38. The number of halogens is 1. The molecule has 5 nitrogen and oxygen atoms in total. The summed E-state index contributed by atoms with van der Waals surface area (Å²) in [5, 5.41) is 11.1. The zero-order chi connectivity index (χ0) is 15.1. The number of carbonyl (C=O) groups excluding carboxylic acids is 1. The Hall–Kier alpha value is -2.37. The Morgan fingerprint density at radius 1 is 1.50 bits per heavy atom. The average Bonchev–Trinajstić information content (AvgIpc) is 2.40. The number of nitrogens with zero attached hydrogens (tertiary/aromatic N) is 1. The third-order valence-electron chi connectivity index (χ3n) is 2.71. The lowest BCUT2D eigenvalue weighted by Gasteiger charge is -2.17. The Balaban J connectivity index is 2.66. The van der Waals surface area contributed by atoms with Gasteiger partial charge in [0.1, 0.15) is 5.82 Å². The van der Waals surface area contributed by atoms with E-state index in [0.717, 1.165) is 18.9 Å². The highest BCUT2D eigenvalue weighted by Crippen LogP contribution is 2.16. The normalized spacial score (nSPS) is 9.90. The second-order valence-corrected chi connectivity index (χ2v) is 4.28. The van der Waals surface area contributed by atoms with Crippen LogP contribution in [0.5, 0.6) is 0 Å². The minimum atomic E-state index is -1.22. The van der Waals surface area contributed by atoms with Gasteiger partial charge in [0.05, 0.1) is 11.3 Å². The highest BCUT2D eigenvalue weighted by molar-refractivity contribution is 5.91. The summed E-state index contributed by atoms with van der Waals surface area (Å²) >= 11 is 0. The molecule has 0 aromatic heterocycles. The number of amides is 2. The van der Waals surface area contributed by atoms with Crippen molar-refractivity contribution in [2.24, 2.45) is 0 Å². The average molecular weight is 280 g/mol. The molecule has 0 saturated heterocycles. The van der Waals surface area contributed by atoms with Gasteiger partial charge in [-0.2, -0.15) is 0 Å². The predicted octanol–water partition coefficient (Wildman–Crippen LogP) is 2.95. The molecule has 0 spiro atoms. The van der Waals surface area contributed by atoms with E-state index in [-0.39, 0.29) is 11.3 Å². The van der Waals surface area contributed by atoms with Crippen LogP contribution in [0.4, 0.5) is 14.9 Å². The molecule has 0 saturated carbocycles. The molecule has 2 amide bonds. The number of anilines is 1. The SMILES string of the molecule is C=CCCCN(C)C(=O)Nc1ccc(C(=O)O)cc1F. The molecule has 0 bridgehead atoms. The van der Waals surface area contributed by atoms with E-state index in [0.29, 0.717) is 6.54 Å². The minimum absolute atomic E-state index is 0.0458. The number of carboxylic acid groups (broad SMARTS) is 1. The topological polar surface area (TPSA) is 69.6 Å². The molecule has 20 heavy (non-hydrogen) atoms. The van der Waals surface area contributed by atoms with Crippen LogP contribution in [-0.2, 0) is 0 Å². The van der Waals surface area contributed by atoms with Gasteiger partial charge in [0, 0.05) is 13.6 Å². The fraction of sp³-hybridized carbons (Fsp3) is 0.286. The summed E-state index contributed by atoms with van der Waals surface area (Å²) in [5.41, 5.74) is -0.213. The molecule has 0 unspecified atom stereocenters. The number of unbranched alkanes of at least 4 members (excludes halogenated alkanes) is 1. The highest BCUT2D eigenvalue weighted by Gasteiger charge is 2.13. The first-order valence-electron chi connectivity index (χ1n) is 6.11. The number of aromatic carboxylic acids is 1. The van der Waals surface area contributed by atoms with E-state index in [2.05, 4.69) is 11.9 Å². The maximum absolute atomic E-state index is 13.6. The molecule has 0 fully saturated rings. The van der Waals surface area contributed by atoms with Crippen LogP contribution in [0.2, 0.25) is 0 Å². The van der Waals surface area contributed by atoms with Crippen molar-refractivity contribution in [1.82, 2.24) is 4.90 Å². The number of allylic oxidation sites excluding steroid dienone is 1. The van der Waals surface area contributed by atoms with Crippen LogP contribution in [0, 0.1) is 5.82 Å². The van der Waals surface area contributed by atoms with Crippen molar-refractivity contribution in [2.45, 2.75) is 12.8 Å². The van der Waals surface area contributed by atoms with Gasteiger partial charge in [0.2, 0.25) is 0 Å². The Morgan fingerprint density at radius 3 is 2.75 bits per heavy atom. The molecular formula is C14H17FN2O3. The van der Waals surface area contributed by atoms with Gasteiger partial charge in [-0.1, -0.05) is 6.08 Å². The Labute approximate surface area is 116 Å². The molecule has 0 aliphatic rings. The number of carboxylic acids is 1. The fourth-order valence-corrected chi connectivity index (χ4v) is 1.53. The number of hydrogen-bond acceptors (Lipinski definition) is 2. The maximum Gasteiger partial charge on any atom is 0.335 e. The monoisotopic (exact) mass is 280 g/mol. The van der Waals surface area contributed by atoms with Crippen LogP contribution in [-0.4, -0.2) is 35.6 Å². The van der Waals surface area contributed by atoms with Crippen molar-refractivity contribution in [3.63, 3.8) is 0 Å². The molecule has 2 N–H and O–H groups in total. The van der Waals surface area contributed by atoms with Crippen LogP contribution in [0.1, 0.15) is 23.2 Å². The summed E-state index contributed by atoms with van der Waals surface area (Å²) in [6.45, 7) is 4.11. The maximum atomic E-state index is 13.6. The molecule has 0 radical (unpaired) electrons. The molecule has 108 valence electrons. The van der Waals surface area contributed by atoms with Gasteiger partial charge < -0.3 is 15.3 Å². The van der Waals surface area contributed by atoms with Crippen molar-refractivity contribution in [1.29, 1.82) is 0 Å². The van der Waals surface area contributed by atoms with Crippen molar-refractivity contribution in [3.05, 3.63) is 42.2 Å².